The third-order valence-electron chi connectivity index (χ3n) is 3.95. The largest absolute Gasteiger partial charge is 0.352 e. The highest BCUT2D eigenvalue weighted by Gasteiger charge is 2.28. The number of hydrogen-bond donors (Lipinski definition) is 1. The zero-order valence-corrected chi connectivity index (χ0v) is 13.6. The molecule has 8 heteroatoms. The van der Waals surface area contributed by atoms with Gasteiger partial charge in [0.2, 0.25) is 15.9 Å². The summed E-state index contributed by atoms with van der Waals surface area (Å²) in [6.07, 6.45) is 3.85. The van der Waals surface area contributed by atoms with Crippen molar-refractivity contribution in [2.75, 3.05) is 19.3 Å². The molecule has 1 aliphatic rings. The molecule has 0 atom stereocenters. The number of hydrogen-bond acceptors (Lipinski definition) is 4. The van der Waals surface area contributed by atoms with Crippen molar-refractivity contribution < 1.29 is 13.2 Å². The zero-order chi connectivity index (χ0) is 16.3. The van der Waals surface area contributed by atoms with E-state index in [0.29, 0.717) is 31.5 Å². The van der Waals surface area contributed by atoms with Crippen LogP contribution in [0.5, 0.6) is 0 Å². The highest BCUT2D eigenvalue weighted by atomic mass is 32.2. The molecule has 0 aliphatic carbocycles. The molecule has 122 valence electrons. The normalized spacial score (nSPS) is 17.4. The average Bonchev–Trinajstić information content (AvgIpc) is 2.48. The van der Waals surface area contributed by atoms with E-state index in [1.165, 1.54) is 15.1 Å². The molecular weight excluding hydrogens is 306 g/mol. The van der Waals surface area contributed by atoms with Crippen LogP contribution in [0.25, 0.3) is 0 Å². The fourth-order valence-electron chi connectivity index (χ4n) is 2.56. The summed E-state index contributed by atoms with van der Waals surface area (Å²) in [5.74, 6) is -0.329. The smallest absolute Gasteiger partial charge is 0.255 e. The van der Waals surface area contributed by atoms with E-state index in [4.69, 9.17) is 0 Å². The van der Waals surface area contributed by atoms with Gasteiger partial charge in [-0.25, -0.2) is 12.7 Å². The van der Waals surface area contributed by atoms with E-state index < -0.39 is 10.0 Å². The number of pyridine rings is 1. The van der Waals surface area contributed by atoms with Crippen LogP contribution < -0.4 is 10.9 Å². The average molecular weight is 327 g/mol. The minimum atomic E-state index is -3.18. The number of amides is 1. The van der Waals surface area contributed by atoms with E-state index in [0.717, 1.165) is 0 Å². The number of carbonyl (C=O) groups is 1. The van der Waals surface area contributed by atoms with Crippen LogP contribution in [0, 0.1) is 5.92 Å². The second-order valence-corrected chi connectivity index (χ2v) is 7.59. The lowest BCUT2D eigenvalue weighted by Crippen LogP contribution is -2.42. The molecule has 1 aromatic rings. The number of rotatable bonds is 4. The van der Waals surface area contributed by atoms with Crippen LogP contribution in [-0.2, 0) is 28.4 Å². The summed E-state index contributed by atoms with van der Waals surface area (Å²) >= 11 is 0. The Labute approximate surface area is 130 Å². The van der Waals surface area contributed by atoms with Crippen molar-refractivity contribution in [1.29, 1.82) is 0 Å². The van der Waals surface area contributed by atoms with Crippen molar-refractivity contribution in [2.45, 2.75) is 19.4 Å². The van der Waals surface area contributed by atoms with Crippen LogP contribution in [0.3, 0.4) is 0 Å². The van der Waals surface area contributed by atoms with E-state index in [2.05, 4.69) is 5.32 Å². The van der Waals surface area contributed by atoms with Gasteiger partial charge < -0.3 is 9.88 Å². The van der Waals surface area contributed by atoms with Gasteiger partial charge >= 0.3 is 0 Å². The Hall–Kier alpha value is -1.67. The predicted molar refractivity (Wildman–Crippen MR) is 82.7 cm³/mol. The topological polar surface area (TPSA) is 88.5 Å². The zero-order valence-electron chi connectivity index (χ0n) is 12.8. The van der Waals surface area contributed by atoms with Gasteiger partial charge in [-0.05, 0) is 18.9 Å². The van der Waals surface area contributed by atoms with Gasteiger partial charge in [-0.2, -0.15) is 0 Å². The monoisotopic (exact) mass is 327 g/mol. The van der Waals surface area contributed by atoms with E-state index in [1.807, 2.05) is 0 Å². The SMILES string of the molecule is Cn1cccc(CNC(=O)C2CCN(S(C)(=O)=O)CC2)c1=O. The number of aromatic nitrogens is 1. The van der Waals surface area contributed by atoms with Gasteiger partial charge in [0.1, 0.15) is 0 Å². The van der Waals surface area contributed by atoms with Crippen LogP contribution in [0.15, 0.2) is 23.1 Å². The Balaban J connectivity index is 1.89. The highest BCUT2D eigenvalue weighted by molar-refractivity contribution is 7.88. The summed E-state index contributed by atoms with van der Waals surface area (Å²) in [6.45, 7) is 0.923. The molecule has 1 amide bonds. The van der Waals surface area contributed by atoms with Crippen molar-refractivity contribution in [1.82, 2.24) is 14.2 Å². The molecule has 1 saturated heterocycles. The van der Waals surface area contributed by atoms with Crippen molar-refractivity contribution in [3.05, 3.63) is 34.2 Å². The summed E-state index contributed by atoms with van der Waals surface area (Å²) < 4.78 is 25.7. The molecule has 2 rings (SSSR count). The standard InChI is InChI=1S/C14H21N3O4S/c1-16-7-3-4-12(14(16)19)10-15-13(18)11-5-8-17(9-6-11)22(2,20)21/h3-4,7,11H,5-6,8-10H2,1-2H3,(H,15,18). The van der Waals surface area contributed by atoms with E-state index >= 15 is 0 Å². The van der Waals surface area contributed by atoms with Crippen LogP contribution in [0.1, 0.15) is 18.4 Å². The Bertz CT molecular complexity index is 703. The van der Waals surface area contributed by atoms with Gasteiger partial charge in [-0.3, -0.25) is 9.59 Å². The Morgan fingerprint density at radius 3 is 2.59 bits per heavy atom. The van der Waals surface area contributed by atoms with Gasteiger partial charge in [0, 0.05) is 44.4 Å². The molecule has 7 nitrogen and oxygen atoms in total. The summed E-state index contributed by atoms with van der Waals surface area (Å²) in [4.78, 5) is 24.0. The van der Waals surface area contributed by atoms with E-state index in [-0.39, 0.29) is 23.9 Å². The summed E-state index contributed by atoms with van der Waals surface area (Å²) in [5.41, 5.74) is 0.404. The minimum Gasteiger partial charge on any atom is -0.352 e. The predicted octanol–water partition coefficient (Wildman–Crippen LogP) is -0.327. The van der Waals surface area contributed by atoms with Gasteiger partial charge in [-0.1, -0.05) is 6.07 Å². The van der Waals surface area contributed by atoms with Crippen LogP contribution in [0.4, 0.5) is 0 Å². The number of carbonyl (C=O) groups excluding carboxylic acids is 1. The first-order valence-corrected chi connectivity index (χ1v) is 9.01. The van der Waals surface area contributed by atoms with Gasteiger partial charge in [0.15, 0.2) is 0 Å². The number of aryl methyl sites for hydroxylation is 1. The first-order chi connectivity index (χ1) is 10.3. The fraction of sp³-hybridized carbons (Fsp3) is 0.571. The maximum absolute atomic E-state index is 12.1. The Morgan fingerprint density at radius 2 is 2.00 bits per heavy atom. The number of piperidine rings is 1. The summed E-state index contributed by atoms with van der Waals surface area (Å²) in [6, 6.07) is 3.45. The molecule has 22 heavy (non-hydrogen) atoms. The Morgan fingerprint density at radius 1 is 1.36 bits per heavy atom. The van der Waals surface area contributed by atoms with Gasteiger partial charge in [-0.15, -0.1) is 0 Å². The lowest BCUT2D eigenvalue weighted by atomic mass is 9.97. The molecule has 1 aromatic heterocycles. The molecule has 1 fully saturated rings. The quantitative estimate of drug-likeness (QED) is 0.820. The third-order valence-corrected chi connectivity index (χ3v) is 5.25. The van der Waals surface area contributed by atoms with Gasteiger partial charge in [0.05, 0.1) is 6.26 Å². The number of nitrogens with one attached hydrogen (secondary N) is 1. The third kappa shape index (κ3) is 3.95. The molecule has 0 aromatic carbocycles. The van der Waals surface area contributed by atoms with Crippen LogP contribution in [-0.4, -0.2) is 42.5 Å². The second-order valence-electron chi connectivity index (χ2n) is 5.60. The second kappa shape index (κ2) is 6.62. The Kier molecular flexibility index (Phi) is 5.02. The van der Waals surface area contributed by atoms with E-state index in [1.54, 1.807) is 25.4 Å². The maximum atomic E-state index is 12.1. The molecule has 1 N–H and O–H groups in total. The highest BCUT2D eigenvalue weighted by Crippen LogP contribution is 2.19. The molecule has 0 saturated carbocycles. The van der Waals surface area contributed by atoms with E-state index in [9.17, 15) is 18.0 Å². The maximum Gasteiger partial charge on any atom is 0.255 e. The lowest BCUT2D eigenvalue weighted by molar-refractivity contribution is -0.126. The summed E-state index contributed by atoms with van der Waals surface area (Å²) in [5, 5.41) is 2.77. The molecule has 2 heterocycles. The van der Waals surface area contributed by atoms with Crippen molar-refractivity contribution in [3.8, 4) is 0 Å². The number of nitrogens with zero attached hydrogens (tertiary/aromatic N) is 2. The first-order valence-electron chi connectivity index (χ1n) is 7.16. The number of sulfonamides is 1. The summed E-state index contributed by atoms with van der Waals surface area (Å²) in [7, 11) is -1.52. The molecule has 0 radical (unpaired) electrons. The molecule has 1 aliphatic heterocycles. The van der Waals surface area contributed by atoms with Gasteiger partial charge in [0.25, 0.3) is 5.56 Å². The molecule has 0 spiro atoms. The first kappa shape index (κ1) is 16.7. The van der Waals surface area contributed by atoms with Crippen molar-refractivity contribution in [2.24, 2.45) is 13.0 Å². The van der Waals surface area contributed by atoms with Crippen LogP contribution in [0.2, 0.25) is 0 Å². The molecule has 0 unspecified atom stereocenters. The van der Waals surface area contributed by atoms with Crippen LogP contribution >= 0.6 is 0 Å². The molecule has 0 bridgehead atoms. The van der Waals surface area contributed by atoms with Crippen molar-refractivity contribution in [3.63, 3.8) is 0 Å². The van der Waals surface area contributed by atoms with Crippen molar-refractivity contribution >= 4 is 15.9 Å². The molecular formula is C14H21N3O4S. The lowest BCUT2D eigenvalue weighted by Gasteiger charge is -2.29. The fourth-order valence-corrected chi connectivity index (χ4v) is 3.44. The minimum absolute atomic E-state index is 0.126.